The second kappa shape index (κ2) is 5.72. The van der Waals surface area contributed by atoms with E-state index in [2.05, 4.69) is 55.0 Å². The van der Waals surface area contributed by atoms with Crippen LogP contribution in [0.4, 0.5) is 5.69 Å². The van der Waals surface area contributed by atoms with E-state index in [9.17, 15) is 0 Å². The van der Waals surface area contributed by atoms with Gasteiger partial charge in [-0.25, -0.2) is 0 Å². The van der Waals surface area contributed by atoms with Gasteiger partial charge in [-0.1, -0.05) is 12.1 Å². The van der Waals surface area contributed by atoms with Crippen LogP contribution in [-0.4, -0.2) is 43.7 Å². The molecule has 2 rings (SSSR count). The summed E-state index contributed by atoms with van der Waals surface area (Å²) in [6.45, 7) is 7.45. The summed E-state index contributed by atoms with van der Waals surface area (Å²) >= 11 is 0. The number of nitrogens with zero attached hydrogens (tertiary/aromatic N) is 2. The van der Waals surface area contributed by atoms with E-state index in [1.165, 1.54) is 11.3 Å². The number of piperazine rings is 1. The minimum Gasteiger partial charge on any atom is -0.363 e. The van der Waals surface area contributed by atoms with Crippen molar-refractivity contribution in [2.75, 3.05) is 31.6 Å². The highest BCUT2D eigenvalue weighted by atomic mass is 15.3. The van der Waals surface area contributed by atoms with Crippen LogP contribution >= 0.6 is 0 Å². The molecule has 0 radical (unpaired) electrons. The summed E-state index contributed by atoms with van der Waals surface area (Å²) in [5.74, 6) is 0. The summed E-state index contributed by atoms with van der Waals surface area (Å²) < 4.78 is 0. The SMILES string of the molecule is Cc1cccc(N2C(C)CN(C)CC2CCN)c1. The summed E-state index contributed by atoms with van der Waals surface area (Å²) in [6.07, 6.45) is 1.06. The Morgan fingerprint density at radius 1 is 1.33 bits per heavy atom. The van der Waals surface area contributed by atoms with Gasteiger partial charge in [-0.05, 0) is 51.6 Å². The molecule has 0 spiro atoms. The molecule has 2 atom stereocenters. The van der Waals surface area contributed by atoms with Crippen LogP contribution in [0.1, 0.15) is 18.9 Å². The Labute approximate surface area is 111 Å². The Hall–Kier alpha value is -1.06. The van der Waals surface area contributed by atoms with Gasteiger partial charge in [0.1, 0.15) is 0 Å². The van der Waals surface area contributed by atoms with Crippen molar-refractivity contribution in [3.63, 3.8) is 0 Å². The third-order valence-electron chi connectivity index (χ3n) is 3.77. The van der Waals surface area contributed by atoms with E-state index in [0.29, 0.717) is 12.1 Å². The highest BCUT2D eigenvalue weighted by molar-refractivity contribution is 5.51. The van der Waals surface area contributed by atoms with Crippen molar-refractivity contribution in [2.45, 2.75) is 32.4 Å². The molecule has 2 unspecified atom stereocenters. The zero-order valence-electron chi connectivity index (χ0n) is 11.8. The molecular formula is C15H25N3. The standard InChI is InChI=1S/C15H25N3/c1-12-5-4-6-14(9-12)18-13(2)10-17(3)11-15(18)7-8-16/h4-6,9,13,15H,7-8,10-11,16H2,1-3H3. The lowest BCUT2D eigenvalue weighted by Gasteiger charge is -2.46. The molecule has 0 bridgehead atoms. The molecule has 2 N–H and O–H groups in total. The molecule has 0 amide bonds. The zero-order valence-corrected chi connectivity index (χ0v) is 11.8. The lowest BCUT2D eigenvalue weighted by molar-refractivity contribution is 0.227. The molecule has 0 aromatic heterocycles. The molecule has 18 heavy (non-hydrogen) atoms. The van der Waals surface area contributed by atoms with E-state index in [1.54, 1.807) is 0 Å². The third-order valence-corrected chi connectivity index (χ3v) is 3.77. The first-order valence-corrected chi connectivity index (χ1v) is 6.85. The molecule has 1 heterocycles. The first-order valence-electron chi connectivity index (χ1n) is 6.85. The number of aryl methyl sites for hydroxylation is 1. The second-order valence-corrected chi connectivity index (χ2v) is 5.55. The van der Waals surface area contributed by atoms with Crippen molar-refractivity contribution in [1.82, 2.24) is 4.90 Å². The fourth-order valence-electron chi connectivity index (χ4n) is 3.10. The van der Waals surface area contributed by atoms with Crippen molar-refractivity contribution in [3.8, 4) is 0 Å². The van der Waals surface area contributed by atoms with E-state index in [0.717, 1.165) is 26.1 Å². The van der Waals surface area contributed by atoms with Gasteiger partial charge in [0.05, 0.1) is 0 Å². The molecule has 1 aliphatic heterocycles. The summed E-state index contributed by atoms with van der Waals surface area (Å²) in [4.78, 5) is 4.97. The summed E-state index contributed by atoms with van der Waals surface area (Å²) in [5, 5.41) is 0. The number of nitrogens with two attached hydrogens (primary N) is 1. The molecule has 3 heteroatoms. The van der Waals surface area contributed by atoms with Crippen LogP contribution in [0.15, 0.2) is 24.3 Å². The smallest absolute Gasteiger partial charge is 0.0432 e. The highest BCUT2D eigenvalue weighted by Gasteiger charge is 2.30. The number of benzene rings is 1. The maximum atomic E-state index is 5.78. The summed E-state index contributed by atoms with van der Waals surface area (Å²) in [6, 6.07) is 9.88. The van der Waals surface area contributed by atoms with Crippen molar-refractivity contribution in [1.29, 1.82) is 0 Å². The van der Waals surface area contributed by atoms with Crippen LogP contribution in [-0.2, 0) is 0 Å². The van der Waals surface area contributed by atoms with Gasteiger partial charge in [0.15, 0.2) is 0 Å². The molecule has 0 saturated carbocycles. The van der Waals surface area contributed by atoms with Gasteiger partial charge in [0.2, 0.25) is 0 Å². The van der Waals surface area contributed by atoms with Gasteiger partial charge < -0.3 is 15.5 Å². The average Bonchev–Trinajstić information content (AvgIpc) is 2.28. The number of anilines is 1. The molecule has 0 aliphatic carbocycles. The van der Waals surface area contributed by atoms with Crippen LogP contribution in [0.2, 0.25) is 0 Å². The molecule has 1 aromatic rings. The van der Waals surface area contributed by atoms with E-state index < -0.39 is 0 Å². The van der Waals surface area contributed by atoms with E-state index in [1.807, 2.05) is 0 Å². The zero-order chi connectivity index (χ0) is 13.1. The Bertz CT molecular complexity index is 391. The molecule has 1 fully saturated rings. The molecule has 100 valence electrons. The van der Waals surface area contributed by atoms with E-state index >= 15 is 0 Å². The fraction of sp³-hybridized carbons (Fsp3) is 0.600. The van der Waals surface area contributed by atoms with E-state index in [4.69, 9.17) is 5.73 Å². The van der Waals surface area contributed by atoms with Gasteiger partial charge in [-0.2, -0.15) is 0 Å². The van der Waals surface area contributed by atoms with Crippen molar-refractivity contribution < 1.29 is 0 Å². The Morgan fingerprint density at radius 2 is 2.11 bits per heavy atom. The Kier molecular flexibility index (Phi) is 4.25. The fourth-order valence-corrected chi connectivity index (χ4v) is 3.10. The average molecular weight is 247 g/mol. The monoisotopic (exact) mass is 247 g/mol. The number of hydrogen-bond acceptors (Lipinski definition) is 3. The largest absolute Gasteiger partial charge is 0.363 e. The van der Waals surface area contributed by atoms with Crippen molar-refractivity contribution >= 4 is 5.69 Å². The molecule has 1 saturated heterocycles. The van der Waals surface area contributed by atoms with Crippen LogP contribution < -0.4 is 10.6 Å². The molecule has 1 aromatic carbocycles. The maximum Gasteiger partial charge on any atom is 0.0432 e. The number of rotatable bonds is 3. The molecule has 1 aliphatic rings. The Balaban J connectivity index is 2.26. The first-order chi connectivity index (χ1) is 8.61. The third kappa shape index (κ3) is 2.85. The van der Waals surface area contributed by atoms with Gasteiger partial charge >= 0.3 is 0 Å². The Morgan fingerprint density at radius 3 is 2.78 bits per heavy atom. The quantitative estimate of drug-likeness (QED) is 0.885. The van der Waals surface area contributed by atoms with Gasteiger partial charge in [-0.3, -0.25) is 0 Å². The topological polar surface area (TPSA) is 32.5 Å². The van der Waals surface area contributed by atoms with Crippen LogP contribution in [0, 0.1) is 6.92 Å². The van der Waals surface area contributed by atoms with Gasteiger partial charge in [0.25, 0.3) is 0 Å². The van der Waals surface area contributed by atoms with Crippen LogP contribution in [0.3, 0.4) is 0 Å². The van der Waals surface area contributed by atoms with Crippen molar-refractivity contribution in [2.24, 2.45) is 5.73 Å². The normalized spacial score (nSPS) is 25.4. The predicted octanol–water partition coefficient (Wildman–Crippen LogP) is 1.85. The second-order valence-electron chi connectivity index (χ2n) is 5.55. The molecule has 3 nitrogen and oxygen atoms in total. The maximum absolute atomic E-state index is 5.78. The number of hydrogen-bond donors (Lipinski definition) is 1. The lowest BCUT2D eigenvalue weighted by atomic mass is 10.0. The van der Waals surface area contributed by atoms with Gasteiger partial charge in [-0.15, -0.1) is 0 Å². The minimum atomic E-state index is 0.533. The lowest BCUT2D eigenvalue weighted by Crippen LogP contribution is -2.57. The highest BCUT2D eigenvalue weighted by Crippen LogP contribution is 2.26. The summed E-state index contributed by atoms with van der Waals surface area (Å²) in [7, 11) is 2.20. The van der Waals surface area contributed by atoms with E-state index in [-0.39, 0.29) is 0 Å². The number of likely N-dealkylation sites (N-methyl/N-ethyl adjacent to an activating group) is 1. The first kappa shape index (κ1) is 13.4. The van der Waals surface area contributed by atoms with Crippen LogP contribution in [0.5, 0.6) is 0 Å². The predicted molar refractivity (Wildman–Crippen MR) is 78.1 cm³/mol. The summed E-state index contributed by atoms with van der Waals surface area (Å²) in [5.41, 5.74) is 8.44. The minimum absolute atomic E-state index is 0.533. The molecular weight excluding hydrogens is 222 g/mol. The van der Waals surface area contributed by atoms with Gasteiger partial charge in [0, 0.05) is 30.9 Å². The van der Waals surface area contributed by atoms with Crippen molar-refractivity contribution in [3.05, 3.63) is 29.8 Å². The van der Waals surface area contributed by atoms with Crippen LogP contribution in [0.25, 0.3) is 0 Å².